The van der Waals surface area contributed by atoms with Crippen LogP contribution in [0.15, 0.2) is 6.07 Å². The van der Waals surface area contributed by atoms with Crippen LogP contribution in [0.25, 0.3) is 0 Å². The molecule has 1 heterocycles. The molecule has 1 aliphatic heterocycles. The Morgan fingerprint density at radius 2 is 2.21 bits per heavy atom. The van der Waals surface area contributed by atoms with Crippen molar-refractivity contribution < 1.29 is 4.74 Å². The number of fused-ring (bicyclic) bond motifs is 1. The summed E-state index contributed by atoms with van der Waals surface area (Å²) in [5.74, 6) is 0.556. The predicted octanol–water partition coefficient (Wildman–Crippen LogP) is 2.77. The molecule has 3 N–H and O–H groups in total. The van der Waals surface area contributed by atoms with Crippen LogP contribution in [0.1, 0.15) is 6.92 Å². The van der Waals surface area contributed by atoms with Gasteiger partial charge in [-0.25, -0.2) is 0 Å². The van der Waals surface area contributed by atoms with E-state index in [2.05, 4.69) is 5.32 Å². The van der Waals surface area contributed by atoms with Gasteiger partial charge in [-0.05, 0) is 13.0 Å². The second kappa shape index (κ2) is 3.41. The highest BCUT2D eigenvalue weighted by Crippen LogP contribution is 2.44. The van der Waals surface area contributed by atoms with E-state index in [1.54, 1.807) is 6.07 Å². The van der Waals surface area contributed by atoms with Gasteiger partial charge in [0.25, 0.3) is 0 Å². The Kier molecular flexibility index (Phi) is 2.37. The summed E-state index contributed by atoms with van der Waals surface area (Å²) in [6, 6.07) is 1.84. The predicted molar refractivity (Wildman–Crippen MR) is 59.5 cm³/mol. The summed E-state index contributed by atoms with van der Waals surface area (Å²) in [4.78, 5) is 0. The number of nitrogens with two attached hydrogens (primary N) is 1. The molecule has 14 heavy (non-hydrogen) atoms. The molecule has 0 amide bonds. The Hall–Kier alpha value is -0.800. The molecule has 2 rings (SSSR count). The van der Waals surface area contributed by atoms with E-state index in [4.69, 9.17) is 33.7 Å². The largest absolute Gasteiger partial charge is 0.487 e. The molecule has 1 aromatic carbocycles. The van der Waals surface area contributed by atoms with Gasteiger partial charge in [0, 0.05) is 0 Å². The van der Waals surface area contributed by atoms with Gasteiger partial charge >= 0.3 is 0 Å². The SMILES string of the molecule is CC1COc2c(N)c(Cl)cc(Cl)c2N1. The van der Waals surface area contributed by atoms with E-state index in [0.29, 0.717) is 28.1 Å². The van der Waals surface area contributed by atoms with Crippen molar-refractivity contribution in [3.8, 4) is 5.75 Å². The van der Waals surface area contributed by atoms with Gasteiger partial charge in [0.1, 0.15) is 6.61 Å². The van der Waals surface area contributed by atoms with Gasteiger partial charge in [-0.1, -0.05) is 23.2 Å². The van der Waals surface area contributed by atoms with E-state index >= 15 is 0 Å². The highest BCUT2D eigenvalue weighted by molar-refractivity contribution is 6.38. The lowest BCUT2D eigenvalue weighted by atomic mass is 10.2. The molecule has 0 saturated heterocycles. The van der Waals surface area contributed by atoms with Gasteiger partial charge < -0.3 is 15.8 Å². The lowest BCUT2D eigenvalue weighted by Crippen LogP contribution is -2.29. The molecule has 76 valence electrons. The molecule has 0 saturated carbocycles. The molecular weight excluding hydrogens is 223 g/mol. The second-order valence-corrected chi connectivity index (χ2v) is 4.13. The molecule has 3 nitrogen and oxygen atoms in total. The topological polar surface area (TPSA) is 47.3 Å². The smallest absolute Gasteiger partial charge is 0.168 e. The Bertz CT molecular complexity index is 382. The summed E-state index contributed by atoms with van der Waals surface area (Å²) in [6.07, 6.45) is 0. The minimum Gasteiger partial charge on any atom is -0.487 e. The molecular formula is C9H10Cl2N2O. The fourth-order valence-corrected chi connectivity index (χ4v) is 1.89. The van der Waals surface area contributed by atoms with Crippen LogP contribution in [0.3, 0.4) is 0 Å². The third-order valence-corrected chi connectivity index (χ3v) is 2.70. The summed E-state index contributed by atoms with van der Waals surface area (Å²) >= 11 is 11.9. The van der Waals surface area contributed by atoms with Crippen LogP contribution < -0.4 is 15.8 Å². The fraction of sp³-hybridized carbons (Fsp3) is 0.333. The average Bonchev–Trinajstić information content (AvgIpc) is 2.14. The number of hydrogen-bond donors (Lipinski definition) is 2. The summed E-state index contributed by atoms with van der Waals surface area (Å²) in [5, 5.41) is 4.16. The molecule has 0 radical (unpaired) electrons. The molecule has 0 spiro atoms. The zero-order chi connectivity index (χ0) is 10.3. The summed E-state index contributed by atoms with van der Waals surface area (Å²) in [5.41, 5.74) is 6.93. The first-order valence-electron chi connectivity index (χ1n) is 4.26. The Labute approximate surface area is 92.1 Å². The zero-order valence-corrected chi connectivity index (χ0v) is 9.12. The molecule has 5 heteroatoms. The maximum absolute atomic E-state index is 6.00. The van der Waals surface area contributed by atoms with Crippen LogP contribution in [0.5, 0.6) is 5.75 Å². The third-order valence-electron chi connectivity index (χ3n) is 2.09. The van der Waals surface area contributed by atoms with E-state index in [0.717, 1.165) is 5.69 Å². The average molecular weight is 233 g/mol. The van der Waals surface area contributed by atoms with E-state index < -0.39 is 0 Å². The third kappa shape index (κ3) is 1.47. The number of nitrogen functional groups attached to an aromatic ring is 1. The molecule has 0 bridgehead atoms. The Balaban J connectivity index is 2.57. The highest BCUT2D eigenvalue weighted by atomic mass is 35.5. The first-order chi connectivity index (χ1) is 6.59. The van der Waals surface area contributed by atoms with Crippen LogP contribution in [0.4, 0.5) is 11.4 Å². The first kappa shape index (κ1) is 9.74. The van der Waals surface area contributed by atoms with E-state index in [1.165, 1.54) is 0 Å². The fourth-order valence-electron chi connectivity index (χ4n) is 1.39. The highest BCUT2D eigenvalue weighted by Gasteiger charge is 2.22. The minimum atomic E-state index is 0.223. The van der Waals surface area contributed by atoms with E-state index in [1.807, 2.05) is 6.92 Å². The number of ether oxygens (including phenoxy) is 1. The van der Waals surface area contributed by atoms with Crippen molar-refractivity contribution in [1.29, 1.82) is 0 Å². The summed E-state index contributed by atoms with van der Waals surface area (Å²) < 4.78 is 5.47. The van der Waals surface area contributed by atoms with Gasteiger partial charge in [0.2, 0.25) is 0 Å². The Morgan fingerprint density at radius 3 is 2.93 bits per heavy atom. The molecule has 1 aromatic rings. The second-order valence-electron chi connectivity index (χ2n) is 3.31. The maximum atomic E-state index is 6.00. The van der Waals surface area contributed by atoms with Crippen LogP contribution >= 0.6 is 23.2 Å². The molecule has 1 unspecified atom stereocenters. The van der Waals surface area contributed by atoms with Crippen molar-refractivity contribution in [3.63, 3.8) is 0 Å². The molecule has 0 fully saturated rings. The molecule has 1 atom stereocenters. The molecule has 1 aliphatic rings. The van der Waals surface area contributed by atoms with Gasteiger partial charge in [-0.3, -0.25) is 0 Å². The van der Waals surface area contributed by atoms with Crippen LogP contribution in [-0.4, -0.2) is 12.6 Å². The minimum absolute atomic E-state index is 0.223. The maximum Gasteiger partial charge on any atom is 0.168 e. The number of rotatable bonds is 0. The van der Waals surface area contributed by atoms with E-state index in [9.17, 15) is 0 Å². The molecule has 0 aliphatic carbocycles. The molecule has 0 aromatic heterocycles. The van der Waals surface area contributed by atoms with Gasteiger partial charge in [0.15, 0.2) is 5.75 Å². The number of halogens is 2. The van der Waals surface area contributed by atoms with Gasteiger partial charge in [0.05, 0.1) is 27.5 Å². The summed E-state index contributed by atoms with van der Waals surface area (Å²) in [7, 11) is 0. The van der Waals surface area contributed by atoms with Crippen molar-refractivity contribution in [2.24, 2.45) is 0 Å². The number of benzene rings is 1. The van der Waals surface area contributed by atoms with Gasteiger partial charge in [-0.15, -0.1) is 0 Å². The first-order valence-corrected chi connectivity index (χ1v) is 5.02. The lowest BCUT2D eigenvalue weighted by Gasteiger charge is -2.27. The standard InChI is InChI=1S/C9H10Cl2N2O/c1-4-3-14-9-7(12)5(10)2-6(11)8(9)13-4/h2,4,13H,3,12H2,1H3. The van der Waals surface area contributed by atoms with Crippen molar-refractivity contribution in [1.82, 2.24) is 0 Å². The van der Waals surface area contributed by atoms with Crippen molar-refractivity contribution in [3.05, 3.63) is 16.1 Å². The number of hydrogen-bond acceptors (Lipinski definition) is 3. The van der Waals surface area contributed by atoms with Crippen LogP contribution in [-0.2, 0) is 0 Å². The van der Waals surface area contributed by atoms with Crippen molar-refractivity contribution in [2.45, 2.75) is 13.0 Å². The van der Waals surface area contributed by atoms with Crippen LogP contribution in [0.2, 0.25) is 10.0 Å². The summed E-state index contributed by atoms with van der Waals surface area (Å²) in [6.45, 7) is 2.57. The van der Waals surface area contributed by atoms with E-state index in [-0.39, 0.29) is 6.04 Å². The van der Waals surface area contributed by atoms with Gasteiger partial charge in [-0.2, -0.15) is 0 Å². The van der Waals surface area contributed by atoms with Crippen LogP contribution in [0, 0.1) is 0 Å². The van der Waals surface area contributed by atoms with Crippen molar-refractivity contribution in [2.75, 3.05) is 17.7 Å². The monoisotopic (exact) mass is 232 g/mol. The quantitative estimate of drug-likeness (QED) is 0.677. The zero-order valence-electron chi connectivity index (χ0n) is 7.60. The normalized spacial score (nSPS) is 19.5. The number of nitrogens with one attached hydrogen (secondary N) is 1. The number of anilines is 2. The lowest BCUT2D eigenvalue weighted by molar-refractivity contribution is 0.293. The Morgan fingerprint density at radius 1 is 1.50 bits per heavy atom. The van der Waals surface area contributed by atoms with Crippen molar-refractivity contribution >= 4 is 34.6 Å².